The van der Waals surface area contributed by atoms with Crippen molar-refractivity contribution in [1.82, 2.24) is 4.98 Å². The lowest BCUT2D eigenvalue weighted by Crippen LogP contribution is -2.15. The van der Waals surface area contributed by atoms with Gasteiger partial charge in [-0.05, 0) is 17.7 Å². The van der Waals surface area contributed by atoms with Crippen molar-refractivity contribution in [3.8, 4) is 0 Å². The van der Waals surface area contributed by atoms with Gasteiger partial charge in [0, 0.05) is 16.3 Å². The van der Waals surface area contributed by atoms with Crippen molar-refractivity contribution >= 4 is 40.3 Å². The number of aromatic nitrogens is 1. The lowest BCUT2D eigenvalue weighted by atomic mass is 10.1. The minimum absolute atomic E-state index is 0.281. The Bertz CT molecular complexity index is 642. The summed E-state index contributed by atoms with van der Waals surface area (Å²) in [6, 6.07) is 7.30. The van der Waals surface area contributed by atoms with Gasteiger partial charge in [-0.1, -0.05) is 23.7 Å². The number of carbonyl (C=O) groups excluding carboxylic acids is 2. The monoisotopic (exact) mass is 310 g/mol. The van der Waals surface area contributed by atoms with Gasteiger partial charge in [-0.2, -0.15) is 0 Å². The van der Waals surface area contributed by atoms with Gasteiger partial charge in [-0.15, -0.1) is 11.3 Å². The maximum absolute atomic E-state index is 11.1. The molecule has 1 heterocycles. The molecule has 0 atom stereocenters. The van der Waals surface area contributed by atoms with E-state index in [4.69, 9.17) is 16.7 Å². The van der Waals surface area contributed by atoms with Gasteiger partial charge >= 0.3 is 0 Å². The molecule has 0 spiro atoms. The summed E-state index contributed by atoms with van der Waals surface area (Å²) in [6.45, 7) is -0.625. The van der Waals surface area contributed by atoms with Crippen molar-refractivity contribution in [3.63, 3.8) is 0 Å². The van der Waals surface area contributed by atoms with Gasteiger partial charge in [-0.3, -0.25) is 14.9 Å². The molecule has 0 aliphatic rings. The summed E-state index contributed by atoms with van der Waals surface area (Å²) >= 11 is 7.11. The van der Waals surface area contributed by atoms with Gasteiger partial charge in [0.15, 0.2) is 11.4 Å². The highest BCUT2D eigenvalue weighted by Gasteiger charge is 2.13. The zero-order chi connectivity index (χ0) is 14.5. The van der Waals surface area contributed by atoms with Crippen LogP contribution in [0.3, 0.4) is 0 Å². The van der Waals surface area contributed by atoms with Crippen LogP contribution in [0.15, 0.2) is 24.3 Å². The second-order valence-electron chi connectivity index (χ2n) is 3.96. The highest BCUT2D eigenvalue weighted by atomic mass is 35.5. The third-order valence-corrected chi connectivity index (χ3v) is 3.70. The number of aldehydes is 1. The first-order valence-corrected chi connectivity index (χ1v) is 6.92. The van der Waals surface area contributed by atoms with Crippen LogP contribution in [0.2, 0.25) is 5.02 Å². The van der Waals surface area contributed by atoms with E-state index in [0.29, 0.717) is 22.9 Å². The molecule has 1 aromatic heterocycles. The van der Waals surface area contributed by atoms with Crippen molar-refractivity contribution in [1.29, 1.82) is 0 Å². The SMILES string of the molecule is O=Cc1nc(NC(=O)CO)sc1Cc1cccc(Cl)c1. The Morgan fingerprint density at radius 1 is 1.50 bits per heavy atom. The van der Waals surface area contributed by atoms with Crippen LogP contribution in [0.25, 0.3) is 0 Å². The lowest BCUT2D eigenvalue weighted by molar-refractivity contribution is -0.118. The standard InChI is InChI=1S/C13H11ClN2O3S/c14-9-3-1-2-8(4-9)5-11-10(6-17)15-13(20-11)16-12(19)7-18/h1-4,6,18H,5,7H2,(H,15,16,19). The zero-order valence-corrected chi connectivity index (χ0v) is 11.9. The first-order chi connectivity index (χ1) is 9.62. The Hall–Kier alpha value is -1.76. The Kier molecular flexibility index (Phi) is 4.84. The Balaban J connectivity index is 2.22. The molecule has 0 unspecified atom stereocenters. The molecule has 0 radical (unpaired) electrons. The molecule has 7 heteroatoms. The van der Waals surface area contributed by atoms with Gasteiger partial charge in [0.1, 0.15) is 12.3 Å². The van der Waals surface area contributed by atoms with Crippen LogP contribution in [-0.2, 0) is 11.2 Å². The maximum Gasteiger partial charge on any atom is 0.251 e. The summed E-state index contributed by atoms with van der Waals surface area (Å²) in [5, 5.41) is 12.0. The first kappa shape index (κ1) is 14.6. The fourth-order valence-electron chi connectivity index (χ4n) is 1.63. The maximum atomic E-state index is 11.1. The summed E-state index contributed by atoms with van der Waals surface area (Å²) in [6.07, 6.45) is 1.15. The number of anilines is 1. The van der Waals surface area contributed by atoms with Gasteiger partial charge < -0.3 is 5.11 Å². The number of hydrogen-bond acceptors (Lipinski definition) is 5. The largest absolute Gasteiger partial charge is 0.387 e. The van der Waals surface area contributed by atoms with Crippen LogP contribution in [0.5, 0.6) is 0 Å². The molecule has 0 saturated carbocycles. The number of halogens is 1. The van der Waals surface area contributed by atoms with Gasteiger partial charge in [0.2, 0.25) is 0 Å². The number of benzene rings is 1. The van der Waals surface area contributed by atoms with Crippen LogP contribution in [0, 0.1) is 0 Å². The second kappa shape index (κ2) is 6.60. The fraction of sp³-hybridized carbons (Fsp3) is 0.154. The Labute approximate surface area is 124 Å². The molecule has 2 rings (SSSR count). The molecular formula is C13H11ClN2O3S. The van der Waals surface area contributed by atoms with E-state index in [2.05, 4.69) is 10.3 Å². The van der Waals surface area contributed by atoms with Crippen LogP contribution < -0.4 is 5.32 Å². The molecule has 0 aliphatic heterocycles. The van der Waals surface area contributed by atoms with E-state index < -0.39 is 12.5 Å². The van der Waals surface area contributed by atoms with Crippen molar-refractivity contribution in [2.45, 2.75) is 6.42 Å². The topological polar surface area (TPSA) is 79.3 Å². The van der Waals surface area contributed by atoms with Crippen LogP contribution in [0.1, 0.15) is 20.9 Å². The van der Waals surface area contributed by atoms with Gasteiger partial charge in [0.05, 0.1) is 0 Å². The van der Waals surface area contributed by atoms with Crippen LogP contribution in [0.4, 0.5) is 5.13 Å². The van der Waals surface area contributed by atoms with Crippen molar-refractivity contribution < 1.29 is 14.7 Å². The molecular weight excluding hydrogens is 300 g/mol. The summed E-state index contributed by atoms with van der Waals surface area (Å²) in [5.74, 6) is -0.564. The number of carbonyl (C=O) groups is 2. The predicted molar refractivity (Wildman–Crippen MR) is 77.5 cm³/mol. The van der Waals surface area contributed by atoms with E-state index in [1.165, 1.54) is 11.3 Å². The predicted octanol–water partition coefficient (Wildman–Crippen LogP) is 2.13. The highest BCUT2D eigenvalue weighted by Crippen LogP contribution is 2.25. The average Bonchev–Trinajstić information content (AvgIpc) is 2.80. The molecule has 0 aliphatic carbocycles. The number of amides is 1. The summed E-state index contributed by atoms with van der Waals surface area (Å²) in [5.41, 5.74) is 1.23. The normalized spacial score (nSPS) is 10.3. The van der Waals surface area contributed by atoms with Crippen molar-refractivity contribution in [2.24, 2.45) is 0 Å². The lowest BCUT2D eigenvalue weighted by Gasteiger charge is -1.99. The zero-order valence-electron chi connectivity index (χ0n) is 10.3. The average molecular weight is 311 g/mol. The van der Waals surface area contributed by atoms with E-state index in [1.54, 1.807) is 6.07 Å². The molecule has 20 heavy (non-hydrogen) atoms. The summed E-state index contributed by atoms with van der Waals surface area (Å²) < 4.78 is 0. The van der Waals surface area contributed by atoms with Crippen LogP contribution in [-0.4, -0.2) is 28.9 Å². The number of aliphatic hydroxyl groups is 1. The third kappa shape index (κ3) is 3.63. The number of aliphatic hydroxyl groups excluding tert-OH is 1. The van der Waals surface area contributed by atoms with E-state index in [-0.39, 0.29) is 5.69 Å². The van der Waals surface area contributed by atoms with E-state index in [1.807, 2.05) is 18.2 Å². The Morgan fingerprint density at radius 2 is 2.30 bits per heavy atom. The van der Waals surface area contributed by atoms with Crippen LogP contribution >= 0.6 is 22.9 Å². The number of nitrogens with zero attached hydrogens (tertiary/aromatic N) is 1. The summed E-state index contributed by atoms with van der Waals surface area (Å²) in [4.78, 5) is 26.8. The second-order valence-corrected chi connectivity index (χ2v) is 5.48. The molecule has 0 bridgehead atoms. The first-order valence-electron chi connectivity index (χ1n) is 5.72. The molecule has 1 aromatic carbocycles. The molecule has 0 saturated heterocycles. The number of nitrogens with one attached hydrogen (secondary N) is 1. The Morgan fingerprint density at radius 3 is 2.95 bits per heavy atom. The van der Waals surface area contributed by atoms with Crippen molar-refractivity contribution in [3.05, 3.63) is 45.4 Å². The quantitative estimate of drug-likeness (QED) is 0.829. The van der Waals surface area contributed by atoms with Gasteiger partial charge in [-0.25, -0.2) is 4.98 Å². The van der Waals surface area contributed by atoms with E-state index in [0.717, 1.165) is 10.4 Å². The minimum Gasteiger partial charge on any atom is -0.387 e. The number of rotatable bonds is 5. The molecule has 0 fully saturated rings. The smallest absolute Gasteiger partial charge is 0.251 e. The fourth-order valence-corrected chi connectivity index (χ4v) is 2.82. The minimum atomic E-state index is -0.625. The molecule has 1 amide bonds. The molecule has 104 valence electrons. The third-order valence-electron chi connectivity index (χ3n) is 2.48. The summed E-state index contributed by atoms with van der Waals surface area (Å²) in [7, 11) is 0. The van der Waals surface area contributed by atoms with E-state index >= 15 is 0 Å². The van der Waals surface area contributed by atoms with E-state index in [9.17, 15) is 9.59 Å². The highest BCUT2D eigenvalue weighted by molar-refractivity contribution is 7.16. The van der Waals surface area contributed by atoms with Crippen molar-refractivity contribution in [2.75, 3.05) is 11.9 Å². The van der Waals surface area contributed by atoms with Gasteiger partial charge in [0.25, 0.3) is 5.91 Å². The molecule has 2 N–H and O–H groups in total. The number of hydrogen-bond donors (Lipinski definition) is 2. The molecule has 2 aromatic rings. The number of thiazole rings is 1. The molecule has 5 nitrogen and oxygen atoms in total.